The number of halogens is 1. The van der Waals surface area contributed by atoms with Crippen molar-refractivity contribution in [1.82, 2.24) is 20.9 Å². The Bertz CT molecular complexity index is 888. The first kappa shape index (κ1) is 17.5. The lowest BCUT2D eigenvalue weighted by molar-refractivity contribution is -0.130. The van der Waals surface area contributed by atoms with Gasteiger partial charge in [0.05, 0.1) is 6.04 Å². The summed E-state index contributed by atoms with van der Waals surface area (Å²) in [6.45, 7) is 0.286. The maximum atomic E-state index is 12.6. The standard InChI is InChI=1S/C19H17BrN4O3/c20-13-8-6-12(7-9-13)15-14-16(22-18(26)21-15)24(19(27)23-17(14)25)10-11-4-2-1-3-5-11/h1-9,14-16H,10H2,(H2,21,22,26)(H,23,25,27). The summed E-state index contributed by atoms with van der Waals surface area (Å²) < 4.78 is 0.900. The first-order valence-corrected chi connectivity index (χ1v) is 9.30. The van der Waals surface area contributed by atoms with Gasteiger partial charge in [-0.05, 0) is 23.3 Å². The number of fused-ring (bicyclic) bond motifs is 1. The van der Waals surface area contributed by atoms with Crippen LogP contribution in [0.4, 0.5) is 9.59 Å². The molecule has 4 rings (SSSR count). The monoisotopic (exact) mass is 428 g/mol. The van der Waals surface area contributed by atoms with Gasteiger partial charge in [0.25, 0.3) is 0 Å². The van der Waals surface area contributed by atoms with Crippen molar-refractivity contribution in [3.05, 3.63) is 70.2 Å². The highest BCUT2D eigenvalue weighted by Gasteiger charge is 2.49. The third-order valence-electron chi connectivity index (χ3n) is 4.82. The minimum absolute atomic E-state index is 0.286. The van der Waals surface area contributed by atoms with Crippen LogP contribution >= 0.6 is 15.9 Å². The fraction of sp³-hybridized carbons (Fsp3) is 0.211. The topological polar surface area (TPSA) is 90.5 Å². The van der Waals surface area contributed by atoms with Crippen LogP contribution in [0.5, 0.6) is 0 Å². The smallest absolute Gasteiger partial charge is 0.326 e. The number of carbonyl (C=O) groups is 3. The largest absolute Gasteiger partial charge is 0.330 e. The molecule has 3 N–H and O–H groups in total. The summed E-state index contributed by atoms with van der Waals surface area (Å²) in [6, 6.07) is 15.4. The van der Waals surface area contributed by atoms with Crippen LogP contribution < -0.4 is 16.0 Å². The maximum absolute atomic E-state index is 12.6. The zero-order valence-electron chi connectivity index (χ0n) is 14.2. The third-order valence-corrected chi connectivity index (χ3v) is 5.35. The Labute approximate surface area is 164 Å². The van der Waals surface area contributed by atoms with E-state index in [1.807, 2.05) is 54.6 Å². The van der Waals surface area contributed by atoms with Gasteiger partial charge in [0, 0.05) is 11.0 Å². The fourth-order valence-electron chi connectivity index (χ4n) is 3.54. The van der Waals surface area contributed by atoms with Crippen molar-refractivity contribution < 1.29 is 14.4 Å². The molecule has 8 heteroatoms. The molecule has 2 aliphatic rings. The van der Waals surface area contributed by atoms with Crippen LogP contribution in [0.15, 0.2) is 59.1 Å². The zero-order valence-corrected chi connectivity index (χ0v) is 15.8. The Balaban J connectivity index is 1.68. The minimum atomic E-state index is -0.728. The van der Waals surface area contributed by atoms with Gasteiger partial charge in [0.15, 0.2) is 0 Å². The number of imide groups is 1. The van der Waals surface area contributed by atoms with Crippen molar-refractivity contribution in [2.75, 3.05) is 0 Å². The molecular weight excluding hydrogens is 412 g/mol. The van der Waals surface area contributed by atoms with E-state index < -0.39 is 36.1 Å². The van der Waals surface area contributed by atoms with Crippen LogP contribution in [0.2, 0.25) is 0 Å². The number of benzene rings is 2. The molecule has 2 aromatic carbocycles. The number of urea groups is 2. The number of rotatable bonds is 3. The molecule has 0 aliphatic carbocycles. The second-order valence-corrected chi connectivity index (χ2v) is 7.44. The number of hydrogen-bond acceptors (Lipinski definition) is 3. The first-order chi connectivity index (χ1) is 13.0. The van der Waals surface area contributed by atoms with E-state index in [0.29, 0.717) is 0 Å². The molecular formula is C19H17BrN4O3. The van der Waals surface area contributed by atoms with Crippen LogP contribution in [0.1, 0.15) is 17.2 Å². The molecule has 2 aromatic rings. The quantitative estimate of drug-likeness (QED) is 0.701. The molecule has 0 bridgehead atoms. The van der Waals surface area contributed by atoms with Gasteiger partial charge < -0.3 is 10.6 Å². The Morgan fingerprint density at radius 3 is 2.33 bits per heavy atom. The fourth-order valence-corrected chi connectivity index (χ4v) is 3.81. The van der Waals surface area contributed by atoms with Crippen molar-refractivity contribution in [3.8, 4) is 0 Å². The molecule has 27 heavy (non-hydrogen) atoms. The van der Waals surface area contributed by atoms with E-state index in [0.717, 1.165) is 15.6 Å². The van der Waals surface area contributed by atoms with E-state index in [9.17, 15) is 14.4 Å². The van der Waals surface area contributed by atoms with Crippen LogP contribution in [0.25, 0.3) is 0 Å². The second-order valence-electron chi connectivity index (χ2n) is 6.53. The van der Waals surface area contributed by atoms with E-state index in [-0.39, 0.29) is 6.54 Å². The van der Waals surface area contributed by atoms with Crippen LogP contribution in [0, 0.1) is 5.92 Å². The highest BCUT2D eigenvalue weighted by atomic mass is 79.9. The van der Waals surface area contributed by atoms with Gasteiger partial charge in [-0.2, -0.15) is 0 Å². The SMILES string of the molecule is O=C1NC(c2ccc(Br)cc2)C2C(=O)NC(=O)N(Cc3ccccc3)C2N1. The van der Waals surface area contributed by atoms with Crippen LogP contribution in [-0.4, -0.2) is 29.0 Å². The molecule has 2 saturated heterocycles. The Hall–Kier alpha value is -2.87. The van der Waals surface area contributed by atoms with E-state index >= 15 is 0 Å². The lowest BCUT2D eigenvalue weighted by Crippen LogP contribution is -2.71. The average molecular weight is 429 g/mol. The van der Waals surface area contributed by atoms with Crippen LogP contribution in [-0.2, 0) is 11.3 Å². The molecule has 2 aliphatic heterocycles. The minimum Gasteiger partial charge on any atom is -0.330 e. The van der Waals surface area contributed by atoms with Crippen molar-refractivity contribution in [1.29, 1.82) is 0 Å². The van der Waals surface area contributed by atoms with Gasteiger partial charge in [0.1, 0.15) is 12.1 Å². The average Bonchev–Trinajstić information content (AvgIpc) is 2.65. The molecule has 138 valence electrons. The van der Waals surface area contributed by atoms with E-state index in [1.54, 1.807) is 0 Å². The molecule has 0 spiro atoms. The maximum Gasteiger partial charge on any atom is 0.326 e. The number of hydrogen-bond donors (Lipinski definition) is 3. The summed E-state index contributed by atoms with van der Waals surface area (Å²) in [6.07, 6.45) is -0.728. The molecule has 0 saturated carbocycles. The first-order valence-electron chi connectivity index (χ1n) is 8.51. The van der Waals surface area contributed by atoms with Crippen LogP contribution in [0.3, 0.4) is 0 Å². The van der Waals surface area contributed by atoms with Gasteiger partial charge in [-0.15, -0.1) is 0 Å². The molecule has 2 heterocycles. The normalized spacial score (nSPS) is 24.6. The second kappa shape index (κ2) is 7.03. The van der Waals surface area contributed by atoms with Gasteiger partial charge in [-0.3, -0.25) is 15.0 Å². The predicted octanol–water partition coefficient (Wildman–Crippen LogP) is 2.50. The van der Waals surface area contributed by atoms with E-state index in [4.69, 9.17) is 0 Å². The summed E-state index contributed by atoms with van der Waals surface area (Å²) in [5.74, 6) is -1.06. The molecule has 2 fully saturated rings. The molecule has 0 radical (unpaired) electrons. The summed E-state index contributed by atoms with van der Waals surface area (Å²) in [4.78, 5) is 38.9. The van der Waals surface area contributed by atoms with Gasteiger partial charge >= 0.3 is 12.1 Å². The molecule has 3 unspecified atom stereocenters. The summed E-state index contributed by atoms with van der Waals surface area (Å²) in [5, 5.41) is 7.98. The Morgan fingerprint density at radius 1 is 0.926 bits per heavy atom. The summed E-state index contributed by atoms with van der Waals surface area (Å²) in [7, 11) is 0. The highest BCUT2D eigenvalue weighted by Crippen LogP contribution is 2.33. The van der Waals surface area contributed by atoms with Crippen molar-refractivity contribution >= 4 is 33.9 Å². The number of nitrogens with one attached hydrogen (secondary N) is 3. The van der Waals surface area contributed by atoms with E-state index in [1.165, 1.54) is 4.90 Å². The summed E-state index contributed by atoms with van der Waals surface area (Å²) >= 11 is 3.38. The Morgan fingerprint density at radius 2 is 1.63 bits per heavy atom. The van der Waals surface area contributed by atoms with Gasteiger partial charge in [0.2, 0.25) is 5.91 Å². The van der Waals surface area contributed by atoms with Gasteiger partial charge in [-0.25, -0.2) is 9.59 Å². The lowest BCUT2D eigenvalue weighted by Gasteiger charge is -2.46. The van der Waals surface area contributed by atoms with E-state index in [2.05, 4.69) is 31.9 Å². The molecule has 3 atom stereocenters. The zero-order chi connectivity index (χ0) is 19.0. The van der Waals surface area contributed by atoms with Crippen molar-refractivity contribution in [2.24, 2.45) is 5.92 Å². The number of amides is 5. The predicted molar refractivity (Wildman–Crippen MR) is 101 cm³/mol. The molecule has 7 nitrogen and oxygen atoms in total. The van der Waals surface area contributed by atoms with Crippen molar-refractivity contribution in [2.45, 2.75) is 18.8 Å². The lowest BCUT2D eigenvalue weighted by atomic mass is 9.86. The molecule has 5 amide bonds. The Kier molecular flexibility index (Phi) is 4.57. The van der Waals surface area contributed by atoms with Crippen molar-refractivity contribution in [3.63, 3.8) is 0 Å². The van der Waals surface area contributed by atoms with Gasteiger partial charge in [-0.1, -0.05) is 58.4 Å². The highest BCUT2D eigenvalue weighted by molar-refractivity contribution is 9.10. The number of carbonyl (C=O) groups excluding carboxylic acids is 3. The number of nitrogens with zero attached hydrogens (tertiary/aromatic N) is 1. The summed E-state index contributed by atoms with van der Waals surface area (Å²) in [5.41, 5.74) is 1.71. The third kappa shape index (κ3) is 3.40. The molecule has 0 aromatic heterocycles.